The Labute approximate surface area is 115 Å². The molecule has 1 aliphatic heterocycles. The SMILES string of the molecule is CSC(SC)=C1C(=O)OC2(CCCCC2)OC1=O. The molecule has 2 rings (SSSR count). The first-order valence-electron chi connectivity index (χ1n) is 5.91. The molecular formula is C12H16O4S2. The fraction of sp³-hybridized carbons (Fsp3) is 0.667. The van der Waals surface area contributed by atoms with Crippen molar-refractivity contribution in [1.29, 1.82) is 0 Å². The van der Waals surface area contributed by atoms with Crippen molar-refractivity contribution in [2.24, 2.45) is 0 Å². The molecule has 0 unspecified atom stereocenters. The molecule has 1 heterocycles. The van der Waals surface area contributed by atoms with Gasteiger partial charge in [-0.25, -0.2) is 9.59 Å². The van der Waals surface area contributed by atoms with Gasteiger partial charge in [-0.3, -0.25) is 0 Å². The molecule has 100 valence electrons. The predicted molar refractivity (Wildman–Crippen MR) is 72.1 cm³/mol. The lowest BCUT2D eigenvalue weighted by Gasteiger charge is -2.39. The normalized spacial score (nSPS) is 22.7. The van der Waals surface area contributed by atoms with Crippen LogP contribution in [-0.2, 0) is 19.1 Å². The summed E-state index contributed by atoms with van der Waals surface area (Å²) in [5.41, 5.74) is 0.0474. The molecule has 0 aromatic heterocycles. The van der Waals surface area contributed by atoms with Crippen LogP contribution in [-0.4, -0.2) is 30.2 Å². The molecule has 6 heteroatoms. The third-order valence-corrected chi connectivity index (χ3v) is 5.31. The molecule has 0 N–H and O–H groups in total. The summed E-state index contributed by atoms with van der Waals surface area (Å²) >= 11 is 2.72. The van der Waals surface area contributed by atoms with Crippen LogP contribution >= 0.6 is 23.5 Å². The maximum atomic E-state index is 12.0. The molecule has 0 atom stereocenters. The first-order valence-corrected chi connectivity index (χ1v) is 8.36. The van der Waals surface area contributed by atoms with E-state index in [1.807, 2.05) is 12.5 Å². The lowest BCUT2D eigenvalue weighted by atomic mass is 9.93. The topological polar surface area (TPSA) is 52.6 Å². The quantitative estimate of drug-likeness (QED) is 0.442. The van der Waals surface area contributed by atoms with Crippen LogP contribution in [0.3, 0.4) is 0 Å². The molecule has 1 spiro atoms. The minimum absolute atomic E-state index is 0.0474. The number of esters is 2. The molecule has 1 aliphatic carbocycles. The van der Waals surface area contributed by atoms with E-state index in [1.54, 1.807) is 0 Å². The van der Waals surface area contributed by atoms with Gasteiger partial charge < -0.3 is 9.47 Å². The standard InChI is InChI=1S/C12H16O4S2/c1-17-11(18-2)8-9(13)15-12(16-10(8)14)6-4-3-5-7-12/h3-7H2,1-2H3. The van der Waals surface area contributed by atoms with Gasteiger partial charge in [0.2, 0.25) is 0 Å². The Morgan fingerprint density at radius 1 is 1.00 bits per heavy atom. The van der Waals surface area contributed by atoms with E-state index < -0.39 is 17.7 Å². The minimum Gasteiger partial charge on any atom is -0.419 e. The molecule has 18 heavy (non-hydrogen) atoms. The van der Waals surface area contributed by atoms with Gasteiger partial charge in [-0.15, -0.1) is 23.5 Å². The van der Waals surface area contributed by atoms with Gasteiger partial charge in [0.1, 0.15) is 0 Å². The third kappa shape index (κ3) is 2.54. The van der Waals surface area contributed by atoms with E-state index in [2.05, 4.69) is 0 Å². The molecule has 2 aliphatic rings. The van der Waals surface area contributed by atoms with Crippen molar-refractivity contribution in [2.75, 3.05) is 12.5 Å². The van der Waals surface area contributed by atoms with Gasteiger partial charge in [0.25, 0.3) is 5.79 Å². The fourth-order valence-corrected chi connectivity index (χ4v) is 3.70. The van der Waals surface area contributed by atoms with Crippen LogP contribution in [0.25, 0.3) is 0 Å². The fourth-order valence-electron chi connectivity index (χ4n) is 2.29. The third-order valence-electron chi connectivity index (χ3n) is 3.16. The lowest BCUT2D eigenvalue weighted by Crippen LogP contribution is -2.47. The highest BCUT2D eigenvalue weighted by Gasteiger charge is 2.47. The van der Waals surface area contributed by atoms with Crippen LogP contribution < -0.4 is 0 Å². The predicted octanol–water partition coefficient (Wildman–Crippen LogP) is 2.68. The van der Waals surface area contributed by atoms with Crippen LogP contribution in [0.15, 0.2) is 9.81 Å². The average Bonchev–Trinajstić information content (AvgIpc) is 2.34. The average molecular weight is 288 g/mol. The largest absolute Gasteiger partial charge is 0.419 e. The summed E-state index contributed by atoms with van der Waals surface area (Å²) in [5.74, 6) is -2.06. The lowest BCUT2D eigenvalue weighted by molar-refractivity contribution is -0.244. The Kier molecular flexibility index (Phi) is 4.27. The van der Waals surface area contributed by atoms with Gasteiger partial charge in [-0.1, -0.05) is 6.42 Å². The van der Waals surface area contributed by atoms with E-state index in [0.29, 0.717) is 17.1 Å². The molecule has 2 fully saturated rings. The molecule has 0 bridgehead atoms. The molecule has 0 aromatic carbocycles. The van der Waals surface area contributed by atoms with Crippen molar-refractivity contribution in [3.63, 3.8) is 0 Å². The zero-order valence-corrected chi connectivity index (χ0v) is 12.1. The number of hydrogen-bond donors (Lipinski definition) is 0. The van der Waals surface area contributed by atoms with E-state index in [1.165, 1.54) is 23.5 Å². The Morgan fingerprint density at radius 2 is 1.50 bits per heavy atom. The highest BCUT2D eigenvalue weighted by atomic mass is 32.2. The molecule has 0 amide bonds. The van der Waals surface area contributed by atoms with Crippen LogP contribution in [0.4, 0.5) is 0 Å². The first-order chi connectivity index (χ1) is 8.62. The Morgan fingerprint density at radius 3 is 1.94 bits per heavy atom. The summed E-state index contributed by atoms with van der Waals surface area (Å²) < 4.78 is 11.5. The summed E-state index contributed by atoms with van der Waals surface area (Å²) in [7, 11) is 0. The molecule has 4 nitrogen and oxygen atoms in total. The molecule has 1 saturated heterocycles. The molecular weight excluding hydrogens is 272 g/mol. The maximum absolute atomic E-state index is 12.0. The smallest absolute Gasteiger partial charge is 0.350 e. The zero-order chi connectivity index (χ0) is 13.2. The summed E-state index contributed by atoms with van der Waals surface area (Å²) in [5, 5.41) is 0. The number of carbonyl (C=O) groups excluding carboxylic acids is 2. The number of thioether (sulfide) groups is 2. The highest BCUT2D eigenvalue weighted by molar-refractivity contribution is 8.21. The Hall–Kier alpha value is -0.620. The van der Waals surface area contributed by atoms with E-state index in [9.17, 15) is 9.59 Å². The van der Waals surface area contributed by atoms with Crippen molar-refractivity contribution in [1.82, 2.24) is 0 Å². The zero-order valence-electron chi connectivity index (χ0n) is 10.5. The van der Waals surface area contributed by atoms with Crippen molar-refractivity contribution in [2.45, 2.75) is 37.9 Å². The van der Waals surface area contributed by atoms with Crippen LogP contribution in [0.5, 0.6) is 0 Å². The second-order valence-corrected chi connectivity index (χ2v) is 6.21. The van der Waals surface area contributed by atoms with Gasteiger partial charge in [0.15, 0.2) is 5.57 Å². The van der Waals surface area contributed by atoms with Gasteiger partial charge >= 0.3 is 11.9 Å². The van der Waals surface area contributed by atoms with Crippen molar-refractivity contribution < 1.29 is 19.1 Å². The van der Waals surface area contributed by atoms with Gasteiger partial charge in [-0.2, -0.15) is 0 Å². The Bertz CT molecular complexity index is 369. The van der Waals surface area contributed by atoms with E-state index in [0.717, 1.165) is 19.3 Å². The Balaban J connectivity index is 2.25. The first kappa shape index (κ1) is 13.8. The highest BCUT2D eigenvalue weighted by Crippen LogP contribution is 2.39. The number of ether oxygens (including phenoxy) is 2. The van der Waals surface area contributed by atoms with Crippen LogP contribution in [0, 0.1) is 0 Å². The summed E-state index contributed by atoms with van der Waals surface area (Å²) in [6.07, 6.45) is 7.83. The van der Waals surface area contributed by atoms with Crippen molar-refractivity contribution in [3.8, 4) is 0 Å². The molecule has 0 aromatic rings. The summed E-state index contributed by atoms with van der Waals surface area (Å²) in [4.78, 5) is 24.1. The summed E-state index contributed by atoms with van der Waals surface area (Å²) in [6.45, 7) is 0. The summed E-state index contributed by atoms with van der Waals surface area (Å²) in [6, 6.07) is 0. The van der Waals surface area contributed by atoms with E-state index in [4.69, 9.17) is 9.47 Å². The van der Waals surface area contributed by atoms with E-state index >= 15 is 0 Å². The van der Waals surface area contributed by atoms with Gasteiger partial charge in [0, 0.05) is 12.8 Å². The number of rotatable bonds is 2. The number of hydrogen-bond acceptors (Lipinski definition) is 6. The van der Waals surface area contributed by atoms with Gasteiger partial charge in [-0.05, 0) is 25.4 Å². The monoisotopic (exact) mass is 288 g/mol. The minimum atomic E-state index is -0.988. The molecule has 0 radical (unpaired) electrons. The van der Waals surface area contributed by atoms with Gasteiger partial charge in [0.05, 0.1) is 4.24 Å². The van der Waals surface area contributed by atoms with E-state index in [-0.39, 0.29) is 5.57 Å². The number of carbonyl (C=O) groups is 2. The van der Waals surface area contributed by atoms with Crippen molar-refractivity contribution in [3.05, 3.63) is 9.81 Å². The molecule has 1 saturated carbocycles. The second-order valence-electron chi connectivity index (χ2n) is 4.32. The van der Waals surface area contributed by atoms with Crippen LogP contribution in [0.1, 0.15) is 32.1 Å². The van der Waals surface area contributed by atoms with Crippen LogP contribution in [0.2, 0.25) is 0 Å². The maximum Gasteiger partial charge on any atom is 0.350 e. The van der Waals surface area contributed by atoms with Crippen molar-refractivity contribution >= 4 is 35.5 Å². The second kappa shape index (κ2) is 5.57.